The fourth-order valence-electron chi connectivity index (χ4n) is 2.35. The highest BCUT2D eigenvalue weighted by Crippen LogP contribution is 2.54. The summed E-state index contributed by atoms with van der Waals surface area (Å²) in [6.45, 7) is 6.65. The van der Waals surface area contributed by atoms with E-state index in [9.17, 15) is 0 Å². The zero-order valence-electron chi connectivity index (χ0n) is 8.47. The van der Waals surface area contributed by atoms with Crippen molar-refractivity contribution in [3.63, 3.8) is 0 Å². The summed E-state index contributed by atoms with van der Waals surface area (Å²) in [4.78, 5) is 0. The molecule has 0 aromatic carbocycles. The highest BCUT2D eigenvalue weighted by molar-refractivity contribution is 5.02. The van der Waals surface area contributed by atoms with Gasteiger partial charge in [0.25, 0.3) is 0 Å². The predicted octanol–water partition coefficient (Wildman–Crippen LogP) is 2.99. The molecule has 2 aliphatic rings. The van der Waals surface area contributed by atoms with Gasteiger partial charge in [-0.15, -0.1) is 0 Å². The van der Waals surface area contributed by atoms with Gasteiger partial charge in [0.2, 0.25) is 0 Å². The van der Waals surface area contributed by atoms with Crippen molar-refractivity contribution in [1.82, 2.24) is 0 Å². The van der Waals surface area contributed by atoms with Gasteiger partial charge < -0.3 is 4.74 Å². The monoisotopic (exact) mass is 168 g/mol. The van der Waals surface area contributed by atoms with Gasteiger partial charge in [0.05, 0.1) is 11.7 Å². The number of hydrogen-bond acceptors (Lipinski definition) is 1. The summed E-state index contributed by atoms with van der Waals surface area (Å²) in [5.41, 5.74) is 0.244. The average Bonchev–Trinajstić information content (AvgIpc) is 2.82. The van der Waals surface area contributed by atoms with E-state index < -0.39 is 0 Å². The molecule has 2 saturated carbocycles. The van der Waals surface area contributed by atoms with Crippen molar-refractivity contribution in [3.05, 3.63) is 0 Å². The topological polar surface area (TPSA) is 9.23 Å². The minimum atomic E-state index is 0.244. The maximum absolute atomic E-state index is 6.09. The molecule has 12 heavy (non-hydrogen) atoms. The Morgan fingerprint density at radius 2 is 1.50 bits per heavy atom. The lowest BCUT2D eigenvalue weighted by molar-refractivity contribution is -0.0970. The lowest BCUT2D eigenvalue weighted by Gasteiger charge is -2.32. The largest absolute Gasteiger partial charge is 0.372 e. The Balaban J connectivity index is 1.99. The van der Waals surface area contributed by atoms with Gasteiger partial charge in [-0.25, -0.2) is 0 Å². The molecule has 0 heterocycles. The fraction of sp³-hybridized carbons (Fsp3) is 1.00. The quantitative estimate of drug-likeness (QED) is 0.627. The highest BCUT2D eigenvalue weighted by atomic mass is 16.5. The van der Waals surface area contributed by atoms with Crippen LogP contribution in [0.2, 0.25) is 0 Å². The molecule has 0 amide bonds. The van der Waals surface area contributed by atoms with Crippen molar-refractivity contribution in [2.75, 3.05) is 0 Å². The second-order valence-corrected chi connectivity index (χ2v) is 4.90. The first kappa shape index (κ1) is 8.55. The van der Waals surface area contributed by atoms with Crippen LogP contribution in [0.3, 0.4) is 0 Å². The summed E-state index contributed by atoms with van der Waals surface area (Å²) >= 11 is 0. The molecule has 0 atom stereocenters. The Bertz CT molecular complexity index is 154. The van der Waals surface area contributed by atoms with Gasteiger partial charge in [0.15, 0.2) is 0 Å². The first-order valence-electron chi connectivity index (χ1n) is 5.30. The van der Waals surface area contributed by atoms with Crippen molar-refractivity contribution in [2.24, 2.45) is 11.8 Å². The molecule has 0 radical (unpaired) electrons. The van der Waals surface area contributed by atoms with Gasteiger partial charge in [-0.05, 0) is 58.3 Å². The first-order valence-corrected chi connectivity index (χ1v) is 5.30. The van der Waals surface area contributed by atoms with Crippen LogP contribution < -0.4 is 0 Å². The molecule has 0 saturated heterocycles. The van der Waals surface area contributed by atoms with E-state index in [0.29, 0.717) is 6.10 Å². The summed E-state index contributed by atoms with van der Waals surface area (Å²) in [5.74, 6) is 1.76. The smallest absolute Gasteiger partial charge is 0.0714 e. The third-order valence-corrected chi connectivity index (χ3v) is 3.27. The Morgan fingerprint density at radius 1 is 1.08 bits per heavy atom. The molecule has 1 nitrogen and oxygen atoms in total. The summed E-state index contributed by atoms with van der Waals surface area (Å²) in [7, 11) is 0. The van der Waals surface area contributed by atoms with Crippen LogP contribution in [0.1, 0.15) is 46.5 Å². The molecule has 1 heteroatoms. The lowest BCUT2D eigenvalue weighted by Crippen LogP contribution is -2.36. The first-order chi connectivity index (χ1) is 5.63. The van der Waals surface area contributed by atoms with Gasteiger partial charge >= 0.3 is 0 Å². The zero-order chi connectivity index (χ0) is 8.77. The second kappa shape index (κ2) is 2.73. The predicted molar refractivity (Wildman–Crippen MR) is 50.1 cm³/mol. The van der Waals surface area contributed by atoms with Crippen LogP contribution in [0.5, 0.6) is 0 Å². The minimum absolute atomic E-state index is 0.244. The van der Waals surface area contributed by atoms with Gasteiger partial charge in [-0.3, -0.25) is 0 Å². The van der Waals surface area contributed by atoms with Crippen molar-refractivity contribution < 1.29 is 4.74 Å². The molecular weight excluding hydrogens is 148 g/mol. The van der Waals surface area contributed by atoms with Crippen LogP contribution in [0.25, 0.3) is 0 Å². The third kappa shape index (κ3) is 1.52. The van der Waals surface area contributed by atoms with Crippen LogP contribution in [0, 0.1) is 11.8 Å². The normalized spacial score (nSPS) is 25.0. The third-order valence-electron chi connectivity index (χ3n) is 3.27. The zero-order valence-corrected chi connectivity index (χ0v) is 8.47. The molecule has 0 aromatic heterocycles. The van der Waals surface area contributed by atoms with Crippen molar-refractivity contribution in [2.45, 2.75) is 58.2 Å². The molecular formula is C11H20O. The Labute approximate surface area is 75.5 Å². The van der Waals surface area contributed by atoms with Gasteiger partial charge in [-0.1, -0.05) is 0 Å². The van der Waals surface area contributed by atoms with E-state index in [1.165, 1.54) is 25.7 Å². The molecule has 2 aliphatic carbocycles. The van der Waals surface area contributed by atoms with Crippen LogP contribution in [-0.2, 0) is 4.74 Å². The standard InChI is InChI=1S/C11H20O/c1-8(2)12-11(3,9-4-5-9)10-6-7-10/h8-10H,4-7H2,1-3H3. The van der Waals surface area contributed by atoms with Crippen LogP contribution in [0.15, 0.2) is 0 Å². The van der Waals surface area contributed by atoms with Gasteiger partial charge in [0.1, 0.15) is 0 Å². The van der Waals surface area contributed by atoms with Crippen LogP contribution in [-0.4, -0.2) is 11.7 Å². The van der Waals surface area contributed by atoms with E-state index in [4.69, 9.17) is 4.74 Å². The number of ether oxygens (including phenoxy) is 1. The second-order valence-electron chi connectivity index (χ2n) is 4.90. The average molecular weight is 168 g/mol. The van der Waals surface area contributed by atoms with E-state index in [0.717, 1.165) is 11.8 Å². The Kier molecular flexibility index (Phi) is 1.95. The van der Waals surface area contributed by atoms with Crippen molar-refractivity contribution in [1.29, 1.82) is 0 Å². The van der Waals surface area contributed by atoms with Gasteiger partial charge in [0, 0.05) is 0 Å². The highest BCUT2D eigenvalue weighted by Gasteiger charge is 2.52. The lowest BCUT2D eigenvalue weighted by atomic mass is 9.94. The van der Waals surface area contributed by atoms with Gasteiger partial charge in [-0.2, -0.15) is 0 Å². The van der Waals surface area contributed by atoms with Crippen LogP contribution >= 0.6 is 0 Å². The minimum Gasteiger partial charge on any atom is -0.372 e. The Morgan fingerprint density at radius 3 is 1.75 bits per heavy atom. The molecule has 0 aromatic rings. The molecule has 0 bridgehead atoms. The summed E-state index contributed by atoms with van der Waals surface area (Å²) in [6.07, 6.45) is 6.01. The van der Waals surface area contributed by atoms with E-state index in [2.05, 4.69) is 20.8 Å². The van der Waals surface area contributed by atoms with E-state index in [1.807, 2.05) is 0 Å². The summed E-state index contributed by atoms with van der Waals surface area (Å²) in [5, 5.41) is 0. The van der Waals surface area contributed by atoms with E-state index in [1.54, 1.807) is 0 Å². The maximum atomic E-state index is 6.09. The molecule has 70 valence electrons. The van der Waals surface area contributed by atoms with Crippen LogP contribution in [0.4, 0.5) is 0 Å². The molecule has 0 spiro atoms. The molecule has 0 unspecified atom stereocenters. The maximum Gasteiger partial charge on any atom is 0.0714 e. The molecule has 2 rings (SSSR count). The number of rotatable bonds is 4. The SMILES string of the molecule is CC(C)OC(C)(C1CC1)C1CC1. The molecule has 0 aliphatic heterocycles. The summed E-state index contributed by atoms with van der Waals surface area (Å²) < 4.78 is 6.09. The van der Waals surface area contributed by atoms with Crippen molar-refractivity contribution >= 4 is 0 Å². The summed E-state index contributed by atoms with van der Waals surface area (Å²) in [6, 6.07) is 0. The van der Waals surface area contributed by atoms with Crippen molar-refractivity contribution in [3.8, 4) is 0 Å². The van der Waals surface area contributed by atoms with E-state index >= 15 is 0 Å². The fourth-order valence-corrected chi connectivity index (χ4v) is 2.35. The molecule has 0 N–H and O–H groups in total. The molecule has 2 fully saturated rings. The Hall–Kier alpha value is -0.0400. The number of hydrogen-bond donors (Lipinski definition) is 0. The van der Waals surface area contributed by atoms with E-state index in [-0.39, 0.29) is 5.60 Å².